The minimum atomic E-state index is -0.278. The molecule has 4 aromatic rings. The summed E-state index contributed by atoms with van der Waals surface area (Å²) in [7, 11) is 0. The van der Waals surface area contributed by atoms with Crippen molar-refractivity contribution in [2.75, 3.05) is 11.9 Å². The van der Waals surface area contributed by atoms with Crippen LogP contribution < -0.4 is 16.2 Å². The van der Waals surface area contributed by atoms with E-state index in [-0.39, 0.29) is 11.6 Å². The normalized spacial score (nSPS) is 10.8. The van der Waals surface area contributed by atoms with E-state index in [9.17, 15) is 9.59 Å². The molecular weight excluding hydrogens is 376 g/mol. The maximum atomic E-state index is 11.9. The lowest BCUT2D eigenvalue weighted by molar-refractivity contribution is 0.252. The van der Waals surface area contributed by atoms with Crippen molar-refractivity contribution in [2.45, 2.75) is 6.92 Å². The second kappa shape index (κ2) is 7.57. The lowest BCUT2D eigenvalue weighted by Gasteiger charge is -2.05. The van der Waals surface area contributed by atoms with Crippen LogP contribution in [0.3, 0.4) is 0 Å². The number of hydrogen-bond donors (Lipinski definition) is 2. The standard InChI is InChI=1S/C19H16N6O2S/c1-2-20-18(27)24-19-23-13-9-12(6-7-15(13)28-19)14-10-22-16(11-21-14)25-8-4-3-5-17(25)26/h3-11H,2H2,1H3,(H2,20,23,24,27). The predicted molar refractivity (Wildman–Crippen MR) is 109 cm³/mol. The molecule has 1 aromatic carbocycles. The molecule has 2 N–H and O–H groups in total. The SMILES string of the molecule is CCNC(=O)Nc1nc2cc(-c3cnc(-n4ccccc4=O)cn3)ccc2s1. The molecule has 3 aromatic heterocycles. The van der Waals surface area contributed by atoms with Gasteiger partial charge < -0.3 is 5.32 Å². The Labute approximate surface area is 163 Å². The monoisotopic (exact) mass is 392 g/mol. The summed E-state index contributed by atoms with van der Waals surface area (Å²) < 4.78 is 2.38. The minimum Gasteiger partial charge on any atom is -0.338 e. The maximum absolute atomic E-state index is 11.9. The number of aromatic nitrogens is 4. The van der Waals surface area contributed by atoms with E-state index in [4.69, 9.17) is 0 Å². The first-order valence-corrected chi connectivity index (χ1v) is 9.41. The van der Waals surface area contributed by atoms with E-state index < -0.39 is 0 Å². The number of urea groups is 1. The number of fused-ring (bicyclic) bond motifs is 1. The van der Waals surface area contributed by atoms with Crippen molar-refractivity contribution >= 4 is 32.7 Å². The third kappa shape index (κ3) is 3.60. The summed E-state index contributed by atoms with van der Waals surface area (Å²) in [5.74, 6) is 0.456. The van der Waals surface area contributed by atoms with Crippen LogP contribution >= 0.6 is 11.3 Å². The molecule has 8 nitrogen and oxygen atoms in total. The predicted octanol–water partition coefficient (Wildman–Crippen LogP) is 3.05. The molecule has 0 saturated carbocycles. The first-order valence-electron chi connectivity index (χ1n) is 8.60. The Morgan fingerprint density at radius 1 is 1.18 bits per heavy atom. The van der Waals surface area contributed by atoms with Crippen molar-refractivity contribution in [2.24, 2.45) is 0 Å². The van der Waals surface area contributed by atoms with E-state index in [1.807, 2.05) is 25.1 Å². The second-order valence-corrected chi connectivity index (χ2v) is 6.89. The van der Waals surface area contributed by atoms with Crippen molar-refractivity contribution in [3.8, 4) is 17.1 Å². The highest BCUT2D eigenvalue weighted by atomic mass is 32.1. The van der Waals surface area contributed by atoms with Crippen LogP contribution in [0.5, 0.6) is 0 Å². The highest BCUT2D eigenvalue weighted by Gasteiger charge is 2.09. The van der Waals surface area contributed by atoms with Crippen molar-refractivity contribution in [1.82, 2.24) is 24.8 Å². The number of pyridine rings is 1. The Balaban J connectivity index is 1.61. The first kappa shape index (κ1) is 17.8. The van der Waals surface area contributed by atoms with E-state index in [1.54, 1.807) is 30.7 Å². The summed E-state index contributed by atoms with van der Waals surface area (Å²) in [5.41, 5.74) is 2.11. The topological polar surface area (TPSA) is 102 Å². The first-order chi connectivity index (χ1) is 13.6. The second-order valence-electron chi connectivity index (χ2n) is 5.85. The lowest BCUT2D eigenvalue weighted by atomic mass is 10.1. The fourth-order valence-electron chi connectivity index (χ4n) is 2.65. The summed E-state index contributed by atoms with van der Waals surface area (Å²) in [6.45, 7) is 2.40. The zero-order valence-electron chi connectivity index (χ0n) is 14.9. The lowest BCUT2D eigenvalue weighted by Crippen LogP contribution is -2.28. The third-order valence-electron chi connectivity index (χ3n) is 3.95. The van der Waals surface area contributed by atoms with Crippen LogP contribution in [-0.2, 0) is 0 Å². The highest BCUT2D eigenvalue weighted by molar-refractivity contribution is 7.22. The molecule has 0 saturated heterocycles. The van der Waals surface area contributed by atoms with Gasteiger partial charge >= 0.3 is 6.03 Å². The van der Waals surface area contributed by atoms with Crippen LogP contribution in [0.15, 0.2) is 59.8 Å². The van der Waals surface area contributed by atoms with E-state index in [1.165, 1.54) is 22.0 Å². The Morgan fingerprint density at radius 2 is 2.07 bits per heavy atom. The van der Waals surface area contributed by atoms with Crippen LogP contribution in [-0.4, -0.2) is 32.1 Å². The number of amides is 2. The molecule has 0 unspecified atom stereocenters. The molecule has 4 rings (SSSR count). The smallest absolute Gasteiger partial charge is 0.321 e. The molecule has 0 aliphatic heterocycles. The van der Waals surface area contributed by atoms with Gasteiger partial charge in [0.25, 0.3) is 5.56 Å². The average molecular weight is 392 g/mol. The number of carbonyl (C=O) groups is 1. The van der Waals surface area contributed by atoms with Crippen LogP contribution in [0.4, 0.5) is 9.93 Å². The van der Waals surface area contributed by atoms with Gasteiger partial charge in [-0.1, -0.05) is 23.5 Å². The summed E-state index contributed by atoms with van der Waals surface area (Å²) in [4.78, 5) is 36.8. The molecule has 9 heteroatoms. The van der Waals surface area contributed by atoms with Gasteiger partial charge in [0.15, 0.2) is 10.9 Å². The van der Waals surface area contributed by atoms with Gasteiger partial charge in [-0.2, -0.15) is 0 Å². The summed E-state index contributed by atoms with van der Waals surface area (Å²) in [6.07, 6.45) is 4.83. The van der Waals surface area contributed by atoms with Crippen molar-refractivity contribution < 1.29 is 4.79 Å². The zero-order valence-corrected chi connectivity index (χ0v) is 15.7. The largest absolute Gasteiger partial charge is 0.338 e. The Bertz CT molecular complexity index is 1200. The van der Waals surface area contributed by atoms with Gasteiger partial charge in [-0.25, -0.2) is 14.8 Å². The molecule has 140 valence electrons. The van der Waals surface area contributed by atoms with Gasteiger partial charge in [-0.15, -0.1) is 0 Å². The Morgan fingerprint density at radius 3 is 2.82 bits per heavy atom. The molecule has 3 heterocycles. The van der Waals surface area contributed by atoms with Gasteiger partial charge in [0.1, 0.15) is 0 Å². The molecule has 0 radical (unpaired) electrons. The number of thiazole rings is 1. The molecule has 0 spiro atoms. The molecule has 0 fully saturated rings. The average Bonchev–Trinajstić information content (AvgIpc) is 3.10. The highest BCUT2D eigenvalue weighted by Crippen LogP contribution is 2.29. The number of benzene rings is 1. The molecule has 28 heavy (non-hydrogen) atoms. The maximum Gasteiger partial charge on any atom is 0.321 e. The number of hydrogen-bond acceptors (Lipinski definition) is 6. The Kier molecular flexibility index (Phi) is 4.81. The van der Waals surface area contributed by atoms with E-state index in [2.05, 4.69) is 25.6 Å². The third-order valence-corrected chi connectivity index (χ3v) is 4.90. The van der Waals surface area contributed by atoms with Crippen molar-refractivity contribution in [1.29, 1.82) is 0 Å². The number of rotatable bonds is 4. The van der Waals surface area contributed by atoms with E-state index in [0.29, 0.717) is 23.2 Å². The van der Waals surface area contributed by atoms with Crippen molar-refractivity contribution in [3.63, 3.8) is 0 Å². The van der Waals surface area contributed by atoms with Gasteiger partial charge in [0.05, 0.1) is 28.3 Å². The van der Waals surface area contributed by atoms with Gasteiger partial charge in [0, 0.05) is 24.4 Å². The van der Waals surface area contributed by atoms with Crippen LogP contribution in [0, 0.1) is 0 Å². The zero-order chi connectivity index (χ0) is 19.5. The van der Waals surface area contributed by atoms with Crippen LogP contribution in [0.1, 0.15) is 6.92 Å². The number of carbonyl (C=O) groups excluding carboxylic acids is 1. The van der Waals surface area contributed by atoms with Gasteiger partial charge in [-0.3, -0.25) is 19.7 Å². The Hall–Kier alpha value is -3.59. The summed E-state index contributed by atoms with van der Waals surface area (Å²) in [6, 6.07) is 10.4. The molecule has 0 bridgehead atoms. The summed E-state index contributed by atoms with van der Waals surface area (Å²) >= 11 is 1.40. The summed E-state index contributed by atoms with van der Waals surface area (Å²) in [5, 5.41) is 5.92. The fourth-order valence-corrected chi connectivity index (χ4v) is 3.49. The molecule has 2 amide bonds. The number of anilines is 1. The van der Waals surface area contributed by atoms with E-state index >= 15 is 0 Å². The van der Waals surface area contributed by atoms with Crippen LogP contribution in [0.25, 0.3) is 27.3 Å². The molecular formula is C19H16N6O2S. The quantitative estimate of drug-likeness (QED) is 0.556. The van der Waals surface area contributed by atoms with E-state index in [0.717, 1.165) is 15.8 Å². The van der Waals surface area contributed by atoms with Crippen LogP contribution in [0.2, 0.25) is 0 Å². The van der Waals surface area contributed by atoms with Gasteiger partial charge in [-0.05, 0) is 25.1 Å². The molecule has 0 aliphatic rings. The number of nitrogens with one attached hydrogen (secondary N) is 2. The molecule has 0 atom stereocenters. The minimum absolute atomic E-state index is 0.166. The van der Waals surface area contributed by atoms with Gasteiger partial charge in [0.2, 0.25) is 0 Å². The molecule has 0 aliphatic carbocycles. The fraction of sp³-hybridized carbons (Fsp3) is 0.105. The van der Waals surface area contributed by atoms with Crippen molar-refractivity contribution in [3.05, 3.63) is 65.3 Å². The number of nitrogens with zero attached hydrogens (tertiary/aromatic N) is 4.